The molecule has 6 nitrogen and oxygen atoms in total. The molecule has 0 spiro atoms. The molecule has 1 aromatic carbocycles. The van der Waals surface area contributed by atoms with E-state index in [0.717, 1.165) is 22.7 Å². The van der Waals surface area contributed by atoms with Gasteiger partial charge in [0.25, 0.3) is 0 Å². The molecular weight excluding hydrogens is 344 g/mol. The Bertz CT molecular complexity index is 726. The second kappa shape index (κ2) is 9.09. The number of amides is 1. The largest absolute Gasteiger partial charge is 0.494 e. The van der Waals surface area contributed by atoms with Crippen LogP contribution < -0.4 is 15.4 Å². The zero-order valence-corrected chi connectivity index (χ0v) is 15.0. The van der Waals surface area contributed by atoms with E-state index in [-0.39, 0.29) is 11.0 Å². The van der Waals surface area contributed by atoms with Crippen LogP contribution in [0.25, 0.3) is 6.08 Å². The number of aryl methyl sites for hydroxylation is 1. The Morgan fingerprint density at radius 2 is 2.04 bits per heavy atom. The first kappa shape index (κ1) is 18.0. The predicted octanol–water partition coefficient (Wildman–Crippen LogP) is 3.03. The number of anilines is 1. The van der Waals surface area contributed by atoms with Crippen molar-refractivity contribution in [3.05, 3.63) is 40.9 Å². The molecule has 0 radical (unpaired) electrons. The molecule has 0 bridgehead atoms. The molecule has 126 valence electrons. The molecule has 0 unspecified atom stereocenters. The molecule has 1 heterocycles. The number of carbonyl (C=O) groups excluding carboxylic acids is 1. The normalized spacial score (nSPS) is 10.6. The Morgan fingerprint density at radius 3 is 2.67 bits per heavy atom. The number of ether oxygens (including phenoxy) is 1. The van der Waals surface area contributed by atoms with E-state index < -0.39 is 0 Å². The third kappa shape index (κ3) is 5.71. The van der Waals surface area contributed by atoms with E-state index in [1.165, 1.54) is 17.4 Å². The minimum absolute atomic E-state index is 0.190. The lowest BCUT2D eigenvalue weighted by atomic mass is 10.2. The summed E-state index contributed by atoms with van der Waals surface area (Å²) in [5, 5.41) is 15.0. The highest BCUT2D eigenvalue weighted by atomic mass is 32.1. The second-order valence-corrected chi connectivity index (χ2v) is 6.10. The van der Waals surface area contributed by atoms with Crippen molar-refractivity contribution in [3.8, 4) is 5.75 Å². The monoisotopic (exact) mass is 362 g/mol. The molecule has 0 aliphatic heterocycles. The Morgan fingerprint density at radius 1 is 1.29 bits per heavy atom. The Hall–Kier alpha value is -2.32. The Labute approximate surface area is 150 Å². The van der Waals surface area contributed by atoms with Gasteiger partial charge in [-0.05, 0) is 49.3 Å². The fraction of sp³-hybridized carbons (Fsp3) is 0.250. The van der Waals surface area contributed by atoms with Gasteiger partial charge in [0, 0.05) is 6.08 Å². The van der Waals surface area contributed by atoms with Gasteiger partial charge in [-0.3, -0.25) is 10.1 Å². The topological polar surface area (TPSA) is 76.1 Å². The van der Waals surface area contributed by atoms with Gasteiger partial charge >= 0.3 is 0 Å². The lowest BCUT2D eigenvalue weighted by Gasteiger charge is -2.04. The van der Waals surface area contributed by atoms with Crippen LogP contribution in [-0.4, -0.2) is 27.8 Å². The van der Waals surface area contributed by atoms with Crippen LogP contribution in [0.15, 0.2) is 30.3 Å². The minimum atomic E-state index is -0.318. The number of thiocarbonyl (C=S) groups is 1. The van der Waals surface area contributed by atoms with Gasteiger partial charge in [0.05, 0.1) is 6.61 Å². The SMILES string of the molecule is CCOc1ccc(/C=C/C(=O)NC(=S)Nc2nnc(CC)s2)cc1. The lowest BCUT2D eigenvalue weighted by Crippen LogP contribution is -2.32. The van der Waals surface area contributed by atoms with Crippen molar-refractivity contribution < 1.29 is 9.53 Å². The standard InChI is InChI=1S/C16H18N4O2S2/c1-3-14-19-20-16(24-14)18-15(23)17-13(21)10-7-11-5-8-12(9-6-11)22-4-2/h5-10H,3-4H2,1-2H3,(H2,17,18,20,21,23)/b10-7+. The van der Waals surface area contributed by atoms with Crippen LogP contribution in [0.4, 0.5) is 5.13 Å². The van der Waals surface area contributed by atoms with Gasteiger partial charge in [0.15, 0.2) is 5.11 Å². The molecule has 0 atom stereocenters. The number of hydrogen-bond acceptors (Lipinski definition) is 6. The maximum absolute atomic E-state index is 11.9. The van der Waals surface area contributed by atoms with E-state index in [2.05, 4.69) is 20.8 Å². The molecule has 24 heavy (non-hydrogen) atoms. The van der Waals surface area contributed by atoms with Crippen molar-refractivity contribution >= 4 is 45.8 Å². The van der Waals surface area contributed by atoms with E-state index >= 15 is 0 Å². The van der Waals surface area contributed by atoms with Crippen LogP contribution in [-0.2, 0) is 11.2 Å². The van der Waals surface area contributed by atoms with E-state index in [4.69, 9.17) is 17.0 Å². The van der Waals surface area contributed by atoms with Gasteiger partial charge in [-0.2, -0.15) is 0 Å². The average molecular weight is 362 g/mol. The number of hydrogen-bond donors (Lipinski definition) is 2. The predicted molar refractivity (Wildman–Crippen MR) is 100 cm³/mol. The second-order valence-electron chi connectivity index (χ2n) is 4.63. The molecule has 0 aliphatic rings. The molecule has 0 fully saturated rings. The number of aromatic nitrogens is 2. The number of rotatable bonds is 6. The number of benzene rings is 1. The molecule has 1 aromatic heterocycles. The third-order valence-corrected chi connectivity index (χ3v) is 4.03. The Balaban J connectivity index is 1.84. The smallest absolute Gasteiger partial charge is 0.250 e. The fourth-order valence-corrected chi connectivity index (χ4v) is 2.69. The van der Waals surface area contributed by atoms with Crippen LogP contribution in [0.2, 0.25) is 0 Å². The van der Waals surface area contributed by atoms with Crippen molar-refractivity contribution in [2.24, 2.45) is 0 Å². The summed E-state index contributed by atoms with van der Waals surface area (Å²) >= 11 is 6.48. The summed E-state index contributed by atoms with van der Waals surface area (Å²) < 4.78 is 5.37. The molecule has 2 aromatic rings. The maximum atomic E-state index is 11.9. The zero-order chi connectivity index (χ0) is 17.4. The average Bonchev–Trinajstić information content (AvgIpc) is 3.02. The summed E-state index contributed by atoms with van der Waals surface area (Å²) in [7, 11) is 0. The van der Waals surface area contributed by atoms with Gasteiger partial charge < -0.3 is 10.1 Å². The minimum Gasteiger partial charge on any atom is -0.494 e. The van der Waals surface area contributed by atoms with Gasteiger partial charge in [0.2, 0.25) is 11.0 Å². The van der Waals surface area contributed by atoms with Gasteiger partial charge in [0.1, 0.15) is 10.8 Å². The Kier molecular flexibility index (Phi) is 6.83. The molecule has 2 rings (SSSR count). The fourth-order valence-electron chi connectivity index (χ4n) is 1.74. The van der Waals surface area contributed by atoms with Gasteiger partial charge in [-0.25, -0.2) is 0 Å². The van der Waals surface area contributed by atoms with E-state index in [0.29, 0.717) is 11.7 Å². The van der Waals surface area contributed by atoms with Crippen molar-refractivity contribution in [3.63, 3.8) is 0 Å². The molecular formula is C16H18N4O2S2. The van der Waals surface area contributed by atoms with Crippen LogP contribution in [0, 0.1) is 0 Å². The highest BCUT2D eigenvalue weighted by molar-refractivity contribution is 7.80. The molecule has 0 aliphatic carbocycles. The van der Waals surface area contributed by atoms with E-state index in [1.54, 1.807) is 6.08 Å². The van der Waals surface area contributed by atoms with Crippen LogP contribution >= 0.6 is 23.6 Å². The quantitative estimate of drug-likeness (QED) is 0.608. The van der Waals surface area contributed by atoms with Gasteiger partial charge in [-0.1, -0.05) is 30.4 Å². The summed E-state index contributed by atoms with van der Waals surface area (Å²) in [5.74, 6) is 0.481. The molecule has 2 N–H and O–H groups in total. The van der Waals surface area contributed by atoms with Crippen molar-refractivity contribution in [1.82, 2.24) is 15.5 Å². The number of nitrogens with zero attached hydrogens (tertiary/aromatic N) is 2. The van der Waals surface area contributed by atoms with Crippen LogP contribution in [0.5, 0.6) is 5.75 Å². The van der Waals surface area contributed by atoms with Crippen LogP contribution in [0.3, 0.4) is 0 Å². The van der Waals surface area contributed by atoms with Gasteiger partial charge in [-0.15, -0.1) is 10.2 Å². The zero-order valence-electron chi connectivity index (χ0n) is 13.4. The summed E-state index contributed by atoms with van der Waals surface area (Å²) in [6, 6.07) is 7.46. The maximum Gasteiger partial charge on any atom is 0.250 e. The van der Waals surface area contributed by atoms with E-state index in [9.17, 15) is 4.79 Å². The first-order chi connectivity index (χ1) is 11.6. The highest BCUT2D eigenvalue weighted by Crippen LogP contribution is 2.15. The first-order valence-electron chi connectivity index (χ1n) is 7.46. The lowest BCUT2D eigenvalue weighted by molar-refractivity contribution is -0.115. The van der Waals surface area contributed by atoms with Crippen LogP contribution in [0.1, 0.15) is 24.4 Å². The molecule has 0 saturated carbocycles. The molecule has 8 heteroatoms. The van der Waals surface area contributed by atoms with E-state index in [1.807, 2.05) is 38.1 Å². The van der Waals surface area contributed by atoms with Crippen molar-refractivity contribution in [2.45, 2.75) is 20.3 Å². The number of carbonyl (C=O) groups is 1. The third-order valence-electron chi connectivity index (χ3n) is 2.84. The van der Waals surface area contributed by atoms with Crippen molar-refractivity contribution in [1.29, 1.82) is 0 Å². The number of nitrogens with one attached hydrogen (secondary N) is 2. The summed E-state index contributed by atoms with van der Waals surface area (Å²) in [5.41, 5.74) is 0.893. The summed E-state index contributed by atoms with van der Waals surface area (Å²) in [6.07, 6.45) is 3.93. The van der Waals surface area contributed by atoms with Crippen molar-refractivity contribution in [2.75, 3.05) is 11.9 Å². The summed E-state index contributed by atoms with van der Waals surface area (Å²) in [6.45, 7) is 4.55. The molecule has 0 saturated heterocycles. The highest BCUT2D eigenvalue weighted by Gasteiger charge is 2.06. The first-order valence-corrected chi connectivity index (χ1v) is 8.68. The summed E-state index contributed by atoms with van der Waals surface area (Å²) in [4.78, 5) is 11.9. The molecule has 1 amide bonds.